The summed E-state index contributed by atoms with van der Waals surface area (Å²) in [6, 6.07) is 52.4. The quantitative estimate of drug-likeness (QED) is 0.173. The van der Waals surface area contributed by atoms with Crippen LogP contribution < -0.4 is 0 Å². The zero-order valence-corrected chi connectivity index (χ0v) is 30.8. The molecule has 7 aromatic carbocycles. The maximum Gasteiger partial charge on any atom is 0.0582 e. The van der Waals surface area contributed by atoms with E-state index in [-0.39, 0.29) is 5.41 Å². The average Bonchev–Trinajstić information content (AvgIpc) is 3.56. The highest BCUT2D eigenvalue weighted by Crippen LogP contribution is 2.49. The molecule has 258 valence electrons. The van der Waals surface area contributed by atoms with Crippen LogP contribution in [0.5, 0.6) is 0 Å². The lowest BCUT2D eigenvalue weighted by Gasteiger charge is -2.35. The van der Waals surface area contributed by atoms with Crippen molar-refractivity contribution in [2.75, 3.05) is 0 Å². The predicted molar refractivity (Wildman–Crippen MR) is 230 cm³/mol. The lowest BCUT2D eigenvalue weighted by atomic mass is 9.74. The van der Waals surface area contributed by atoms with Crippen LogP contribution in [0.3, 0.4) is 0 Å². The highest BCUT2D eigenvalue weighted by Gasteiger charge is 2.35. The summed E-state index contributed by atoms with van der Waals surface area (Å²) in [7, 11) is 0. The minimum absolute atomic E-state index is 0.156. The van der Waals surface area contributed by atoms with Crippen molar-refractivity contribution in [3.05, 3.63) is 197 Å². The van der Waals surface area contributed by atoms with Crippen LogP contribution in [0.1, 0.15) is 66.0 Å². The van der Waals surface area contributed by atoms with Gasteiger partial charge in [-0.25, -0.2) is 0 Å². The van der Waals surface area contributed by atoms with Gasteiger partial charge in [0, 0.05) is 22.1 Å². The monoisotopic (exact) mass is 691 g/mol. The molecule has 0 N–H and O–H groups in total. The van der Waals surface area contributed by atoms with E-state index in [1.54, 1.807) is 0 Å². The predicted octanol–water partition coefficient (Wildman–Crippen LogP) is 14.0. The molecule has 2 aliphatic carbocycles. The maximum absolute atomic E-state index is 2.53. The summed E-state index contributed by atoms with van der Waals surface area (Å²) in [6.07, 6.45) is 15.2. The summed E-state index contributed by atoms with van der Waals surface area (Å²) in [6.45, 7) is 4.79. The van der Waals surface area contributed by atoms with Crippen molar-refractivity contribution < 1.29 is 0 Å². The second-order valence-corrected chi connectivity index (χ2v) is 16.0. The topological polar surface area (TPSA) is 4.93 Å². The molecule has 11 rings (SSSR count). The number of hydrogen-bond acceptors (Lipinski definition) is 0. The number of fused-ring (bicyclic) bond motifs is 7. The minimum Gasteiger partial charge on any atom is -0.309 e. The van der Waals surface area contributed by atoms with Gasteiger partial charge in [-0.15, -0.1) is 0 Å². The van der Waals surface area contributed by atoms with Gasteiger partial charge in [0.1, 0.15) is 0 Å². The van der Waals surface area contributed by atoms with E-state index in [9.17, 15) is 0 Å². The van der Waals surface area contributed by atoms with Gasteiger partial charge in [0.15, 0.2) is 0 Å². The van der Waals surface area contributed by atoms with Gasteiger partial charge < -0.3 is 4.57 Å². The van der Waals surface area contributed by atoms with E-state index < -0.39 is 0 Å². The fraction of sp³-hybridized carbons (Fsp3) is 0.132. The normalized spacial score (nSPS) is 16.8. The lowest BCUT2D eigenvalue weighted by Crippen LogP contribution is -2.26. The molecular formula is C53H41N. The number of allylic oxidation sites excluding steroid dienone is 5. The van der Waals surface area contributed by atoms with E-state index in [2.05, 4.69) is 188 Å². The molecule has 1 aliphatic heterocycles. The SMILES string of the molecule is CC1(C)c2ccccc2-n2c3ccc(C4=CCC(c5cccc6c5C=CCC6)C=C4)cc3c3cc(-c4ccc(-c5cccc6ccccc56)cc4)cc1c32. The first-order valence-electron chi connectivity index (χ1n) is 19.5. The Bertz CT molecular complexity index is 2920. The van der Waals surface area contributed by atoms with Crippen LogP contribution in [-0.2, 0) is 11.8 Å². The molecule has 54 heavy (non-hydrogen) atoms. The Morgan fingerprint density at radius 3 is 2.28 bits per heavy atom. The average molecular weight is 692 g/mol. The van der Waals surface area contributed by atoms with E-state index >= 15 is 0 Å². The molecular weight excluding hydrogens is 651 g/mol. The molecule has 0 radical (unpaired) electrons. The summed E-state index contributed by atoms with van der Waals surface area (Å²) in [5.74, 6) is 0.405. The van der Waals surface area contributed by atoms with Crippen LogP contribution >= 0.6 is 0 Å². The highest BCUT2D eigenvalue weighted by molar-refractivity contribution is 6.13. The summed E-state index contributed by atoms with van der Waals surface area (Å²) >= 11 is 0. The number of benzene rings is 7. The van der Waals surface area contributed by atoms with E-state index in [1.807, 2.05) is 0 Å². The second kappa shape index (κ2) is 11.9. The Hall–Kier alpha value is -6.18. The van der Waals surface area contributed by atoms with Crippen LogP contribution in [0.4, 0.5) is 0 Å². The number of aryl methyl sites for hydroxylation is 1. The molecule has 1 nitrogen and oxygen atoms in total. The fourth-order valence-corrected chi connectivity index (χ4v) is 9.76. The first kappa shape index (κ1) is 31.4. The first-order valence-corrected chi connectivity index (χ1v) is 19.5. The summed E-state index contributed by atoms with van der Waals surface area (Å²) in [5, 5.41) is 5.19. The van der Waals surface area contributed by atoms with Gasteiger partial charge in [-0.1, -0.05) is 153 Å². The van der Waals surface area contributed by atoms with E-state index in [4.69, 9.17) is 0 Å². The zero-order valence-electron chi connectivity index (χ0n) is 30.8. The molecule has 1 heteroatoms. The van der Waals surface area contributed by atoms with Crippen LogP contribution in [0.25, 0.3) is 72.2 Å². The van der Waals surface area contributed by atoms with Gasteiger partial charge >= 0.3 is 0 Å². The van der Waals surface area contributed by atoms with Crippen molar-refractivity contribution in [2.45, 2.75) is 44.4 Å². The molecule has 0 spiro atoms. The molecule has 1 atom stereocenters. The Kier molecular flexibility index (Phi) is 6.92. The van der Waals surface area contributed by atoms with Crippen molar-refractivity contribution in [1.29, 1.82) is 0 Å². The van der Waals surface area contributed by atoms with Gasteiger partial charge in [0.25, 0.3) is 0 Å². The third-order valence-corrected chi connectivity index (χ3v) is 12.6. The highest BCUT2D eigenvalue weighted by atomic mass is 15.0. The van der Waals surface area contributed by atoms with Crippen molar-refractivity contribution in [3.8, 4) is 27.9 Å². The smallest absolute Gasteiger partial charge is 0.0582 e. The molecule has 8 aromatic rings. The van der Waals surface area contributed by atoms with Crippen LogP contribution in [-0.4, -0.2) is 4.57 Å². The standard InChI is InChI=1S/C53H41N/c1-53(2)48-19-7-8-20-51(48)54-50-30-29-40(34-21-25-38(26-22-34)44-17-9-13-36-11-3-5-15-42(36)44)31-46(50)47-32-41(33-49(53)52(47)54)35-23-27-39(28-24-35)45-18-10-14-37-12-4-6-16-43(37)45/h4-10,12-25,27-33,38H,3,11,26H2,1-2H3. The van der Waals surface area contributed by atoms with Crippen molar-refractivity contribution >= 4 is 44.2 Å². The molecule has 0 saturated heterocycles. The third-order valence-electron chi connectivity index (χ3n) is 12.6. The number of nitrogens with zero attached hydrogens (tertiary/aromatic N) is 1. The van der Waals surface area contributed by atoms with Crippen molar-refractivity contribution in [1.82, 2.24) is 4.57 Å². The summed E-state index contributed by atoms with van der Waals surface area (Å²) in [5.41, 5.74) is 18.5. The Morgan fingerprint density at radius 2 is 1.39 bits per heavy atom. The van der Waals surface area contributed by atoms with Gasteiger partial charge in [0.2, 0.25) is 0 Å². The first-order chi connectivity index (χ1) is 26.5. The molecule has 1 unspecified atom stereocenters. The summed E-state index contributed by atoms with van der Waals surface area (Å²) in [4.78, 5) is 0. The zero-order chi connectivity index (χ0) is 36.0. The number of para-hydroxylation sites is 1. The molecule has 0 bridgehead atoms. The van der Waals surface area contributed by atoms with E-state index in [0.717, 1.165) is 19.3 Å². The molecule has 0 saturated carbocycles. The Labute approximate surface area is 317 Å². The molecule has 2 heterocycles. The molecule has 1 aromatic heterocycles. The van der Waals surface area contributed by atoms with Gasteiger partial charge in [-0.2, -0.15) is 0 Å². The van der Waals surface area contributed by atoms with Gasteiger partial charge in [-0.05, 0) is 122 Å². The third kappa shape index (κ3) is 4.71. The molecule has 0 fully saturated rings. The van der Waals surface area contributed by atoms with Crippen molar-refractivity contribution in [2.24, 2.45) is 0 Å². The van der Waals surface area contributed by atoms with Crippen LogP contribution in [0, 0.1) is 0 Å². The number of hydrogen-bond donors (Lipinski definition) is 0. The lowest BCUT2D eigenvalue weighted by molar-refractivity contribution is 0.630. The van der Waals surface area contributed by atoms with Crippen LogP contribution in [0.2, 0.25) is 0 Å². The number of aromatic nitrogens is 1. The fourth-order valence-electron chi connectivity index (χ4n) is 9.76. The Morgan fingerprint density at radius 1 is 0.611 bits per heavy atom. The molecule has 0 amide bonds. The minimum atomic E-state index is -0.156. The Balaban J connectivity index is 1.04. The largest absolute Gasteiger partial charge is 0.309 e. The second-order valence-electron chi connectivity index (χ2n) is 16.0. The van der Waals surface area contributed by atoms with Crippen LogP contribution in [0.15, 0.2) is 164 Å². The van der Waals surface area contributed by atoms with E-state index in [1.165, 1.54) is 99.5 Å². The maximum atomic E-state index is 2.53. The number of rotatable bonds is 4. The van der Waals surface area contributed by atoms with Crippen molar-refractivity contribution in [3.63, 3.8) is 0 Å². The van der Waals surface area contributed by atoms with Gasteiger partial charge in [-0.3, -0.25) is 0 Å². The van der Waals surface area contributed by atoms with Gasteiger partial charge in [0.05, 0.1) is 16.7 Å². The van der Waals surface area contributed by atoms with E-state index in [0.29, 0.717) is 5.92 Å². The molecule has 3 aliphatic rings. The summed E-state index contributed by atoms with van der Waals surface area (Å²) < 4.78 is 2.53.